The van der Waals surface area contributed by atoms with Crippen LogP contribution in [0.2, 0.25) is 0 Å². The van der Waals surface area contributed by atoms with E-state index in [1.165, 1.54) is 17.9 Å². The Balaban J connectivity index is 2.06. The first-order valence-corrected chi connectivity index (χ1v) is 7.82. The number of carbonyl (C=O) groups is 1. The molecule has 98 valence electrons. The normalized spacial score (nSPS) is 19.4. The number of hydrogen-bond donors (Lipinski definition) is 1. The predicted molar refractivity (Wildman–Crippen MR) is 78.3 cm³/mol. The van der Waals surface area contributed by atoms with Crippen LogP contribution in [0.4, 0.5) is 0 Å². The van der Waals surface area contributed by atoms with Crippen LogP contribution >= 0.6 is 27.7 Å². The van der Waals surface area contributed by atoms with Crippen molar-refractivity contribution in [1.29, 1.82) is 0 Å². The fraction of sp³-hybridized carbons (Fsp3) is 0.462. The molecule has 0 spiro atoms. The van der Waals surface area contributed by atoms with E-state index < -0.39 is 5.97 Å². The molecule has 18 heavy (non-hydrogen) atoms. The molecule has 1 unspecified atom stereocenters. The lowest BCUT2D eigenvalue weighted by Gasteiger charge is -2.24. The monoisotopic (exact) mass is 329 g/mol. The highest BCUT2D eigenvalue weighted by molar-refractivity contribution is 9.10. The van der Waals surface area contributed by atoms with Gasteiger partial charge in [0.2, 0.25) is 0 Å². The number of hydrogen-bond acceptors (Lipinski definition) is 3. The van der Waals surface area contributed by atoms with Gasteiger partial charge >= 0.3 is 5.97 Å². The summed E-state index contributed by atoms with van der Waals surface area (Å²) in [7, 11) is 2.13. The summed E-state index contributed by atoms with van der Waals surface area (Å²) in [6.45, 7) is 0.853. The van der Waals surface area contributed by atoms with E-state index in [-0.39, 0.29) is 0 Å². The summed E-state index contributed by atoms with van der Waals surface area (Å²) in [5.41, 5.74) is 1.46. The van der Waals surface area contributed by atoms with Crippen LogP contribution in [0, 0.1) is 0 Å². The lowest BCUT2D eigenvalue weighted by Crippen LogP contribution is -2.31. The zero-order chi connectivity index (χ0) is 13.1. The van der Waals surface area contributed by atoms with E-state index in [0.29, 0.717) is 11.6 Å². The number of aromatic carboxylic acids is 1. The number of thioether (sulfide) groups is 1. The summed E-state index contributed by atoms with van der Waals surface area (Å²) in [5, 5.41) is 8.92. The summed E-state index contributed by atoms with van der Waals surface area (Å²) in [6, 6.07) is 5.88. The summed E-state index contributed by atoms with van der Waals surface area (Å²) in [6.07, 6.45) is 1.24. The van der Waals surface area contributed by atoms with E-state index in [4.69, 9.17) is 5.11 Å². The quantitative estimate of drug-likeness (QED) is 0.921. The number of nitrogens with zero attached hydrogens (tertiary/aromatic N) is 1. The SMILES string of the molecule is CN(Cc1ccc(C(=O)O)cc1Br)C1CCSC1. The molecule has 0 aromatic heterocycles. The molecule has 1 N–H and O–H groups in total. The van der Waals surface area contributed by atoms with Gasteiger partial charge in [-0.15, -0.1) is 0 Å². The smallest absolute Gasteiger partial charge is 0.335 e. The zero-order valence-electron chi connectivity index (χ0n) is 10.2. The fourth-order valence-corrected chi connectivity index (χ4v) is 3.88. The molecule has 5 heteroatoms. The maximum atomic E-state index is 10.9. The maximum absolute atomic E-state index is 10.9. The van der Waals surface area contributed by atoms with E-state index in [9.17, 15) is 4.79 Å². The second-order valence-corrected chi connectivity index (χ2v) is 6.55. The van der Waals surface area contributed by atoms with Crippen molar-refractivity contribution in [3.63, 3.8) is 0 Å². The minimum atomic E-state index is -0.886. The van der Waals surface area contributed by atoms with Gasteiger partial charge in [-0.05, 0) is 36.9 Å². The van der Waals surface area contributed by atoms with Gasteiger partial charge in [0.1, 0.15) is 0 Å². The minimum Gasteiger partial charge on any atom is -0.478 e. The molecule has 0 saturated carbocycles. The van der Waals surface area contributed by atoms with Crippen LogP contribution in [0.25, 0.3) is 0 Å². The van der Waals surface area contributed by atoms with Crippen molar-refractivity contribution in [3.8, 4) is 0 Å². The van der Waals surface area contributed by atoms with Crippen LogP contribution in [0.15, 0.2) is 22.7 Å². The molecule has 1 saturated heterocycles. The van der Waals surface area contributed by atoms with Gasteiger partial charge in [-0.1, -0.05) is 22.0 Å². The topological polar surface area (TPSA) is 40.5 Å². The molecule has 0 bridgehead atoms. The van der Waals surface area contributed by atoms with Crippen LogP contribution in [-0.4, -0.2) is 40.6 Å². The highest BCUT2D eigenvalue weighted by Crippen LogP contribution is 2.25. The largest absolute Gasteiger partial charge is 0.478 e. The Hall–Kier alpha value is -0.520. The molecule has 0 amide bonds. The van der Waals surface area contributed by atoms with Gasteiger partial charge in [0, 0.05) is 22.8 Å². The molecule has 1 aromatic carbocycles. The third kappa shape index (κ3) is 3.28. The first kappa shape index (κ1) is 13.9. The highest BCUT2D eigenvalue weighted by atomic mass is 79.9. The van der Waals surface area contributed by atoms with Gasteiger partial charge in [-0.2, -0.15) is 11.8 Å². The molecule has 1 aliphatic heterocycles. The fourth-order valence-electron chi connectivity index (χ4n) is 2.08. The van der Waals surface area contributed by atoms with Crippen LogP contribution < -0.4 is 0 Å². The van der Waals surface area contributed by atoms with Gasteiger partial charge in [-0.25, -0.2) is 4.79 Å². The molecule has 0 radical (unpaired) electrons. The van der Waals surface area contributed by atoms with Crippen molar-refractivity contribution < 1.29 is 9.90 Å². The standard InChI is InChI=1S/C13H16BrNO2S/c1-15(11-4-5-18-8-11)7-10-3-2-9(13(16)17)6-12(10)14/h2-3,6,11H,4-5,7-8H2,1H3,(H,16,17). The first-order valence-electron chi connectivity index (χ1n) is 5.87. The van der Waals surface area contributed by atoms with Crippen molar-refractivity contribution in [2.24, 2.45) is 0 Å². The molecular weight excluding hydrogens is 314 g/mol. The van der Waals surface area contributed by atoms with E-state index in [1.54, 1.807) is 12.1 Å². The Morgan fingerprint density at radius 2 is 2.39 bits per heavy atom. The van der Waals surface area contributed by atoms with Crippen molar-refractivity contribution in [3.05, 3.63) is 33.8 Å². The molecule has 1 atom stereocenters. The van der Waals surface area contributed by atoms with E-state index in [2.05, 4.69) is 27.9 Å². The van der Waals surface area contributed by atoms with E-state index in [1.807, 2.05) is 17.8 Å². The third-order valence-electron chi connectivity index (χ3n) is 3.25. The van der Waals surface area contributed by atoms with Crippen molar-refractivity contribution in [1.82, 2.24) is 4.90 Å². The number of halogens is 1. The molecule has 2 rings (SSSR count). The van der Waals surface area contributed by atoms with Crippen LogP contribution in [-0.2, 0) is 6.54 Å². The first-order chi connectivity index (χ1) is 8.58. The molecule has 3 nitrogen and oxygen atoms in total. The summed E-state index contributed by atoms with van der Waals surface area (Å²) in [4.78, 5) is 13.2. The van der Waals surface area contributed by atoms with Gasteiger partial charge in [-0.3, -0.25) is 4.90 Å². The molecule has 1 aliphatic rings. The average Bonchev–Trinajstić information content (AvgIpc) is 2.85. The van der Waals surface area contributed by atoms with Crippen molar-refractivity contribution in [2.45, 2.75) is 19.0 Å². The molecule has 0 aliphatic carbocycles. The lowest BCUT2D eigenvalue weighted by atomic mass is 10.1. The Labute approximate surface area is 120 Å². The van der Waals surface area contributed by atoms with E-state index >= 15 is 0 Å². The Bertz CT molecular complexity index is 447. The lowest BCUT2D eigenvalue weighted by molar-refractivity contribution is 0.0697. The van der Waals surface area contributed by atoms with Crippen molar-refractivity contribution >= 4 is 33.7 Å². The second-order valence-electron chi connectivity index (χ2n) is 4.54. The molecule has 1 fully saturated rings. The Morgan fingerprint density at radius 3 is 2.94 bits per heavy atom. The third-order valence-corrected chi connectivity index (χ3v) is 5.13. The number of rotatable bonds is 4. The predicted octanol–water partition coefficient (Wildman–Crippen LogP) is 3.08. The summed E-state index contributed by atoms with van der Waals surface area (Å²) in [5.74, 6) is 1.55. The average molecular weight is 330 g/mol. The zero-order valence-corrected chi connectivity index (χ0v) is 12.6. The molecule has 1 aromatic rings. The maximum Gasteiger partial charge on any atom is 0.335 e. The van der Waals surface area contributed by atoms with Gasteiger partial charge in [0.15, 0.2) is 0 Å². The molecular formula is C13H16BrNO2S. The Morgan fingerprint density at radius 1 is 1.61 bits per heavy atom. The summed E-state index contributed by atoms with van der Waals surface area (Å²) < 4.78 is 0.875. The highest BCUT2D eigenvalue weighted by Gasteiger charge is 2.20. The summed E-state index contributed by atoms with van der Waals surface area (Å²) >= 11 is 5.46. The van der Waals surface area contributed by atoms with Gasteiger partial charge < -0.3 is 5.11 Å². The van der Waals surface area contributed by atoms with Crippen molar-refractivity contribution in [2.75, 3.05) is 18.6 Å². The molecule has 1 heterocycles. The van der Waals surface area contributed by atoms with Gasteiger partial charge in [0.25, 0.3) is 0 Å². The Kier molecular flexibility index (Phi) is 4.70. The second kappa shape index (κ2) is 6.08. The number of benzene rings is 1. The van der Waals surface area contributed by atoms with Crippen LogP contribution in [0.1, 0.15) is 22.3 Å². The van der Waals surface area contributed by atoms with Gasteiger partial charge in [0.05, 0.1) is 5.56 Å². The minimum absolute atomic E-state index is 0.324. The number of carboxylic acid groups (broad SMARTS) is 1. The van der Waals surface area contributed by atoms with E-state index in [0.717, 1.165) is 16.6 Å². The number of carboxylic acids is 1. The van der Waals surface area contributed by atoms with Crippen LogP contribution in [0.3, 0.4) is 0 Å². The van der Waals surface area contributed by atoms with Crippen LogP contribution in [0.5, 0.6) is 0 Å².